The van der Waals surface area contributed by atoms with Crippen molar-refractivity contribution in [2.45, 2.75) is 0 Å². The molecule has 0 unspecified atom stereocenters. The van der Waals surface area contributed by atoms with E-state index in [0.29, 0.717) is 5.56 Å². The van der Waals surface area contributed by atoms with E-state index in [4.69, 9.17) is 15.1 Å². The number of aliphatic carboxylic acids is 1. The summed E-state index contributed by atoms with van der Waals surface area (Å²) in [6.45, 7) is -0.189. The molecule has 1 N–H and O–H groups in total. The first-order valence-electron chi connectivity index (χ1n) is 4.33. The van der Waals surface area contributed by atoms with Crippen LogP contribution >= 0.6 is 0 Å². The Morgan fingerprint density at radius 2 is 2.31 bits per heavy atom. The van der Waals surface area contributed by atoms with Crippen LogP contribution in [-0.4, -0.2) is 17.7 Å². The summed E-state index contributed by atoms with van der Waals surface area (Å²) in [7, 11) is 0. The molecule has 0 aliphatic heterocycles. The van der Waals surface area contributed by atoms with E-state index < -0.39 is 11.8 Å². The Labute approximate surface area is 91.2 Å². The monoisotopic (exact) mass is 221 g/mol. The highest BCUT2D eigenvalue weighted by molar-refractivity contribution is 5.85. The molecule has 0 aromatic heterocycles. The molecule has 4 nitrogen and oxygen atoms in total. The Kier molecular flexibility index (Phi) is 4.04. The molecule has 0 aliphatic carbocycles. The summed E-state index contributed by atoms with van der Waals surface area (Å²) in [6, 6.07) is 5.48. The first-order valence-corrected chi connectivity index (χ1v) is 4.33. The molecule has 0 bridgehead atoms. The van der Waals surface area contributed by atoms with E-state index in [2.05, 4.69) is 0 Å². The third-order valence-corrected chi connectivity index (χ3v) is 1.62. The molecule has 0 saturated carbocycles. The summed E-state index contributed by atoms with van der Waals surface area (Å²) in [6.07, 6.45) is 2.13. The second-order valence-electron chi connectivity index (χ2n) is 2.84. The average molecular weight is 221 g/mol. The summed E-state index contributed by atoms with van der Waals surface area (Å²) >= 11 is 0. The number of nitriles is 1. The minimum Gasteiger partial charge on any atom is -0.479 e. The number of nitrogens with zero attached hydrogens (tertiary/aromatic N) is 1. The van der Waals surface area contributed by atoms with Crippen molar-refractivity contribution in [1.29, 1.82) is 5.26 Å². The first kappa shape index (κ1) is 11.7. The maximum Gasteiger partial charge on any atom is 0.328 e. The Morgan fingerprint density at radius 1 is 1.56 bits per heavy atom. The second-order valence-corrected chi connectivity index (χ2v) is 2.84. The minimum absolute atomic E-state index is 0.187. The van der Waals surface area contributed by atoms with Crippen LogP contribution in [0.1, 0.15) is 5.56 Å². The maximum atomic E-state index is 13.0. The second kappa shape index (κ2) is 5.51. The van der Waals surface area contributed by atoms with Crippen molar-refractivity contribution >= 4 is 12.0 Å². The van der Waals surface area contributed by atoms with Crippen LogP contribution in [0.15, 0.2) is 24.3 Å². The van der Waals surface area contributed by atoms with Gasteiger partial charge in [0.15, 0.2) is 6.61 Å². The number of carboxylic acids is 1. The van der Waals surface area contributed by atoms with Gasteiger partial charge in [0.25, 0.3) is 0 Å². The Morgan fingerprint density at radius 3 is 2.94 bits per heavy atom. The largest absolute Gasteiger partial charge is 0.479 e. The van der Waals surface area contributed by atoms with E-state index in [1.54, 1.807) is 6.07 Å². The SMILES string of the molecule is N#CCOc1cc(F)cc(/C=C/C(=O)O)c1. The van der Waals surface area contributed by atoms with Gasteiger partial charge >= 0.3 is 5.97 Å². The lowest BCUT2D eigenvalue weighted by Crippen LogP contribution is -1.94. The molecule has 16 heavy (non-hydrogen) atoms. The van der Waals surface area contributed by atoms with Crippen LogP contribution in [0.2, 0.25) is 0 Å². The summed E-state index contributed by atoms with van der Waals surface area (Å²) in [5, 5.41) is 16.7. The predicted molar refractivity (Wildman–Crippen MR) is 54.2 cm³/mol. The lowest BCUT2D eigenvalue weighted by Gasteiger charge is -2.02. The lowest BCUT2D eigenvalue weighted by atomic mass is 10.2. The highest BCUT2D eigenvalue weighted by atomic mass is 19.1. The van der Waals surface area contributed by atoms with Gasteiger partial charge in [0.1, 0.15) is 17.6 Å². The van der Waals surface area contributed by atoms with Crippen LogP contribution in [0.3, 0.4) is 0 Å². The van der Waals surface area contributed by atoms with Crippen molar-refractivity contribution < 1.29 is 19.0 Å². The van der Waals surface area contributed by atoms with Gasteiger partial charge in [0.2, 0.25) is 0 Å². The van der Waals surface area contributed by atoms with E-state index in [1.165, 1.54) is 18.2 Å². The van der Waals surface area contributed by atoms with Crippen LogP contribution in [0.5, 0.6) is 5.75 Å². The number of benzene rings is 1. The Bertz CT molecular complexity index is 463. The highest BCUT2D eigenvalue weighted by Crippen LogP contribution is 2.17. The molecule has 0 fully saturated rings. The van der Waals surface area contributed by atoms with Crippen molar-refractivity contribution in [2.75, 3.05) is 6.61 Å². The Hall–Kier alpha value is -2.35. The smallest absolute Gasteiger partial charge is 0.328 e. The van der Waals surface area contributed by atoms with Crippen molar-refractivity contribution in [3.05, 3.63) is 35.7 Å². The molecule has 0 atom stereocenters. The van der Waals surface area contributed by atoms with Gasteiger partial charge in [0.05, 0.1) is 0 Å². The first-order chi connectivity index (χ1) is 7.61. The van der Waals surface area contributed by atoms with Crippen molar-refractivity contribution in [3.8, 4) is 11.8 Å². The number of rotatable bonds is 4. The molecule has 82 valence electrons. The highest BCUT2D eigenvalue weighted by Gasteiger charge is 2.00. The lowest BCUT2D eigenvalue weighted by molar-refractivity contribution is -0.131. The van der Waals surface area contributed by atoms with E-state index in [9.17, 15) is 9.18 Å². The van der Waals surface area contributed by atoms with Crippen LogP contribution < -0.4 is 4.74 Å². The molecule has 1 aromatic rings. The third-order valence-electron chi connectivity index (χ3n) is 1.62. The van der Waals surface area contributed by atoms with Gasteiger partial charge in [-0.15, -0.1) is 0 Å². The molecule has 0 saturated heterocycles. The van der Waals surface area contributed by atoms with E-state index >= 15 is 0 Å². The van der Waals surface area contributed by atoms with Crippen LogP contribution in [0, 0.1) is 17.1 Å². The zero-order valence-corrected chi connectivity index (χ0v) is 8.18. The number of hydrogen-bond donors (Lipinski definition) is 1. The van der Waals surface area contributed by atoms with Gasteiger partial charge in [-0.25, -0.2) is 9.18 Å². The quantitative estimate of drug-likeness (QED) is 0.787. The molecule has 1 rings (SSSR count). The van der Waals surface area contributed by atoms with Gasteiger partial charge in [-0.3, -0.25) is 0 Å². The number of carboxylic acid groups (broad SMARTS) is 1. The van der Waals surface area contributed by atoms with E-state index in [-0.39, 0.29) is 12.4 Å². The standard InChI is InChI=1S/C11H8FNO3/c12-9-5-8(1-2-11(14)15)6-10(7-9)16-4-3-13/h1-2,5-7H,4H2,(H,14,15)/b2-1+. The summed E-state index contributed by atoms with van der Waals surface area (Å²) < 4.78 is 17.9. The summed E-state index contributed by atoms with van der Waals surface area (Å²) in [4.78, 5) is 10.3. The van der Waals surface area contributed by atoms with Gasteiger partial charge in [0, 0.05) is 12.1 Å². The third kappa shape index (κ3) is 3.80. The van der Waals surface area contributed by atoms with Crippen LogP contribution in [-0.2, 0) is 4.79 Å². The molecular formula is C11H8FNO3. The number of hydrogen-bond acceptors (Lipinski definition) is 3. The topological polar surface area (TPSA) is 70.3 Å². The van der Waals surface area contributed by atoms with Crippen molar-refractivity contribution in [1.82, 2.24) is 0 Å². The van der Waals surface area contributed by atoms with Gasteiger partial charge in [-0.2, -0.15) is 5.26 Å². The van der Waals surface area contributed by atoms with Crippen LogP contribution in [0.4, 0.5) is 4.39 Å². The normalized spacial score (nSPS) is 10.0. The van der Waals surface area contributed by atoms with Gasteiger partial charge in [-0.1, -0.05) is 0 Å². The van der Waals surface area contributed by atoms with Crippen molar-refractivity contribution in [2.24, 2.45) is 0 Å². The molecule has 0 radical (unpaired) electrons. The van der Waals surface area contributed by atoms with Crippen LogP contribution in [0.25, 0.3) is 6.08 Å². The van der Waals surface area contributed by atoms with Gasteiger partial charge < -0.3 is 9.84 Å². The zero-order valence-electron chi connectivity index (χ0n) is 8.18. The molecule has 1 aromatic carbocycles. The molecule has 0 heterocycles. The fourth-order valence-corrected chi connectivity index (χ4v) is 1.05. The Balaban J connectivity index is 2.90. The average Bonchev–Trinajstić information content (AvgIpc) is 2.23. The zero-order chi connectivity index (χ0) is 12.0. The predicted octanol–water partition coefficient (Wildman–Crippen LogP) is 1.83. The molecular weight excluding hydrogens is 213 g/mol. The number of carbonyl (C=O) groups is 1. The molecule has 0 spiro atoms. The fourth-order valence-electron chi connectivity index (χ4n) is 1.05. The minimum atomic E-state index is -1.12. The van der Waals surface area contributed by atoms with E-state index in [1.807, 2.05) is 0 Å². The number of ether oxygens (including phenoxy) is 1. The molecule has 0 aliphatic rings. The fraction of sp³-hybridized carbons (Fsp3) is 0.0909. The maximum absolute atomic E-state index is 13.0. The van der Waals surface area contributed by atoms with Gasteiger partial charge in [-0.05, 0) is 23.8 Å². The van der Waals surface area contributed by atoms with Crippen molar-refractivity contribution in [3.63, 3.8) is 0 Å². The molecule has 5 heteroatoms. The summed E-state index contributed by atoms with van der Waals surface area (Å²) in [5.41, 5.74) is 0.357. The molecule has 0 amide bonds. The summed E-state index contributed by atoms with van der Waals surface area (Å²) in [5.74, 6) is -1.49. The van der Waals surface area contributed by atoms with E-state index in [0.717, 1.165) is 12.1 Å². The number of halogens is 1.